The number of amides is 2. The van der Waals surface area contributed by atoms with E-state index in [4.69, 9.17) is 23.2 Å². The predicted octanol–water partition coefficient (Wildman–Crippen LogP) is 5.07. The number of thioether (sulfide) groups is 1. The lowest BCUT2D eigenvalue weighted by molar-refractivity contribution is -0.123. The first-order valence-electron chi connectivity index (χ1n) is 7.03. The Morgan fingerprint density at radius 1 is 1.12 bits per heavy atom. The highest BCUT2D eigenvalue weighted by Gasteiger charge is 2.35. The largest absolute Gasteiger partial charge is 0.506 e. The van der Waals surface area contributed by atoms with Gasteiger partial charge in [-0.05, 0) is 53.2 Å². The number of halogens is 3. The van der Waals surface area contributed by atoms with Gasteiger partial charge in [-0.2, -0.15) is 0 Å². The maximum absolute atomic E-state index is 13.1. The molecular weight excluding hydrogens is 388 g/mol. The van der Waals surface area contributed by atoms with Crippen molar-refractivity contribution in [1.82, 2.24) is 4.90 Å². The molecule has 1 aliphatic rings. The number of aromatic hydroxyl groups is 1. The van der Waals surface area contributed by atoms with Gasteiger partial charge in [0, 0.05) is 5.02 Å². The molecule has 1 fully saturated rings. The summed E-state index contributed by atoms with van der Waals surface area (Å²) in [4.78, 5) is 25.9. The fourth-order valence-corrected chi connectivity index (χ4v) is 3.48. The van der Waals surface area contributed by atoms with Gasteiger partial charge in [0.1, 0.15) is 11.6 Å². The van der Waals surface area contributed by atoms with Crippen molar-refractivity contribution in [3.63, 3.8) is 0 Å². The molecule has 1 N–H and O–H groups in total. The van der Waals surface area contributed by atoms with E-state index in [0.717, 1.165) is 22.7 Å². The highest BCUT2D eigenvalue weighted by molar-refractivity contribution is 8.18. The first-order valence-corrected chi connectivity index (χ1v) is 8.60. The summed E-state index contributed by atoms with van der Waals surface area (Å²) in [5.74, 6) is -1.04. The van der Waals surface area contributed by atoms with Gasteiger partial charge in [-0.15, -0.1) is 0 Å². The Kier molecular flexibility index (Phi) is 5.03. The fraction of sp³-hybridized carbons (Fsp3) is 0.0588. The molecule has 0 spiro atoms. The molecule has 0 atom stereocenters. The van der Waals surface area contributed by atoms with Crippen molar-refractivity contribution in [3.8, 4) is 5.75 Å². The number of carbonyl (C=O) groups is 2. The van der Waals surface area contributed by atoms with Crippen LogP contribution in [-0.4, -0.2) is 21.2 Å². The van der Waals surface area contributed by atoms with Crippen LogP contribution in [0.25, 0.3) is 6.08 Å². The molecule has 0 radical (unpaired) electrons. The van der Waals surface area contributed by atoms with Crippen molar-refractivity contribution < 1.29 is 19.1 Å². The standard InChI is InChI=1S/C17H10Cl2FNO3S/c18-12-7-11(20)3-2-10(12)8-21-16(23)15(25-17(21)24)6-9-1-4-14(22)13(19)5-9/h1-7,22H,8H2/b15-6-. The number of hydrogen-bond donors (Lipinski definition) is 1. The molecule has 1 heterocycles. The first-order chi connectivity index (χ1) is 11.8. The van der Waals surface area contributed by atoms with E-state index in [9.17, 15) is 19.1 Å². The number of hydrogen-bond acceptors (Lipinski definition) is 4. The van der Waals surface area contributed by atoms with Crippen LogP contribution in [0.15, 0.2) is 41.3 Å². The van der Waals surface area contributed by atoms with E-state index in [1.54, 1.807) is 6.07 Å². The normalized spacial score (nSPS) is 16.1. The summed E-state index contributed by atoms with van der Waals surface area (Å²) in [5.41, 5.74) is 1.05. The van der Waals surface area contributed by atoms with Crippen LogP contribution in [0, 0.1) is 5.82 Å². The van der Waals surface area contributed by atoms with Crippen molar-refractivity contribution in [2.75, 3.05) is 0 Å². The molecule has 1 saturated heterocycles. The Morgan fingerprint density at radius 2 is 1.88 bits per heavy atom. The average Bonchev–Trinajstić information content (AvgIpc) is 2.81. The maximum Gasteiger partial charge on any atom is 0.293 e. The molecule has 0 unspecified atom stereocenters. The minimum absolute atomic E-state index is 0.0442. The minimum atomic E-state index is -0.494. The maximum atomic E-state index is 13.1. The van der Waals surface area contributed by atoms with Crippen LogP contribution in [0.3, 0.4) is 0 Å². The third-order valence-electron chi connectivity index (χ3n) is 3.49. The van der Waals surface area contributed by atoms with E-state index in [1.165, 1.54) is 30.3 Å². The molecule has 3 rings (SSSR count). The van der Waals surface area contributed by atoms with E-state index in [2.05, 4.69) is 0 Å². The molecule has 2 aromatic rings. The molecule has 25 heavy (non-hydrogen) atoms. The number of phenolic OH excluding ortho intramolecular Hbond substituents is 1. The molecule has 0 aromatic heterocycles. The van der Waals surface area contributed by atoms with Crippen LogP contribution >= 0.6 is 35.0 Å². The summed E-state index contributed by atoms with van der Waals surface area (Å²) in [6.07, 6.45) is 1.52. The number of imide groups is 1. The third kappa shape index (κ3) is 3.81. The Bertz CT molecular complexity index is 917. The molecule has 0 bridgehead atoms. The summed E-state index contributed by atoms with van der Waals surface area (Å²) in [5, 5.41) is 9.27. The average molecular weight is 398 g/mol. The smallest absolute Gasteiger partial charge is 0.293 e. The molecule has 128 valence electrons. The third-order valence-corrected chi connectivity index (χ3v) is 5.05. The van der Waals surface area contributed by atoms with Crippen LogP contribution in [0.4, 0.5) is 9.18 Å². The zero-order valence-corrected chi connectivity index (χ0v) is 14.8. The summed E-state index contributed by atoms with van der Waals surface area (Å²) >= 11 is 12.6. The SMILES string of the molecule is O=C1S/C(=C\c2ccc(O)c(Cl)c2)C(=O)N1Cc1ccc(F)cc1Cl. The molecule has 2 amide bonds. The molecule has 1 aliphatic heterocycles. The number of phenols is 1. The van der Waals surface area contributed by atoms with Crippen molar-refractivity contribution in [1.29, 1.82) is 0 Å². The molecule has 0 aliphatic carbocycles. The van der Waals surface area contributed by atoms with Gasteiger partial charge in [0.2, 0.25) is 0 Å². The van der Waals surface area contributed by atoms with Gasteiger partial charge >= 0.3 is 0 Å². The van der Waals surface area contributed by atoms with E-state index in [0.29, 0.717) is 11.1 Å². The van der Waals surface area contributed by atoms with E-state index >= 15 is 0 Å². The van der Waals surface area contributed by atoms with E-state index < -0.39 is 17.0 Å². The molecule has 2 aromatic carbocycles. The Balaban J connectivity index is 1.84. The van der Waals surface area contributed by atoms with Crippen molar-refractivity contribution >= 4 is 52.2 Å². The molecule has 4 nitrogen and oxygen atoms in total. The molecule has 0 saturated carbocycles. The van der Waals surface area contributed by atoms with Crippen molar-refractivity contribution in [2.45, 2.75) is 6.54 Å². The van der Waals surface area contributed by atoms with Gasteiger partial charge in [0.25, 0.3) is 11.1 Å². The molecular formula is C17H10Cl2FNO3S. The van der Waals surface area contributed by atoms with E-state index in [1.807, 2.05) is 0 Å². The summed E-state index contributed by atoms with van der Waals surface area (Å²) in [6, 6.07) is 8.24. The predicted molar refractivity (Wildman–Crippen MR) is 96.0 cm³/mol. The zero-order chi connectivity index (χ0) is 18.1. The van der Waals surface area contributed by atoms with Crippen LogP contribution in [0.1, 0.15) is 11.1 Å². The summed E-state index contributed by atoms with van der Waals surface area (Å²) in [6.45, 7) is -0.0442. The van der Waals surface area contributed by atoms with Gasteiger partial charge in [-0.1, -0.05) is 35.3 Å². The van der Waals surface area contributed by atoms with Crippen LogP contribution in [0.5, 0.6) is 5.75 Å². The summed E-state index contributed by atoms with van der Waals surface area (Å²) < 4.78 is 13.1. The van der Waals surface area contributed by atoms with Crippen molar-refractivity contribution in [3.05, 3.63) is 68.3 Å². The Hall–Kier alpha value is -2.02. The highest BCUT2D eigenvalue weighted by atomic mass is 35.5. The fourth-order valence-electron chi connectivity index (χ4n) is 2.22. The van der Waals surface area contributed by atoms with Gasteiger partial charge in [0.05, 0.1) is 16.5 Å². The molecule has 8 heteroatoms. The Morgan fingerprint density at radius 3 is 2.56 bits per heavy atom. The second-order valence-corrected chi connectivity index (χ2v) is 7.02. The van der Waals surface area contributed by atoms with Crippen LogP contribution in [-0.2, 0) is 11.3 Å². The van der Waals surface area contributed by atoms with Crippen LogP contribution in [0.2, 0.25) is 10.0 Å². The lowest BCUT2D eigenvalue weighted by Crippen LogP contribution is -2.27. The lowest BCUT2D eigenvalue weighted by atomic mass is 10.2. The van der Waals surface area contributed by atoms with Gasteiger partial charge in [-0.3, -0.25) is 14.5 Å². The van der Waals surface area contributed by atoms with Gasteiger partial charge < -0.3 is 5.11 Å². The summed E-state index contributed by atoms with van der Waals surface area (Å²) in [7, 11) is 0. The van der Waals surface area contributed by atoms with Gasteiger partial charge in [-0.25, -0.2) is 4.39 Å². The zero-order valence-electron chi connectivity index (χ0n) is 12.5. The number of carbonyl (C=O) groups excluding carboxylic acids is 2. The van der Waals surface area contributed by atoms with E-state index in [-0.39, 0.29) is 27.2 Å². The number of nitrogens with zero attached hydrogens (tertiary/aromatic N) is 1. The second kappa shape index (κ2) is 7.07. The Labute approximate surface area is 156 Å². The number of rotatable bonds is 3. The van der Waals surface area contributed by atoms with Gasteiger partial charge in [0.15, 0.2) is 0 Å². The van der Waals surface area contributed by atoms with Crippen LogP contribution < -0.4 is 0 Å². The van der Waals surface area contributed by atoms with Crippen molar-refractivity contribution in [2.24, 2.45) is 0 Å². The minimum Gasteiger partial charge on any atom is -0.506 e. The first kappa shape index (κ1) is 17.8. The monoisotopic (exact) mass is 397 g/mol. The number of benzene rings is 2. The topological polar surface area (TPSA) is 57.6 Å². The quantitative estimate of drug-likeness (QED) is 0.734. The lowest BCUT2D eigenvalue weighted by Gasteiger charge is -2.13. The second-order valence-electron chi connectivity index (χ2n) is 5.21. The highest BCUT2D eigenvalue weighted by Crippen LogP contribution is 2.35.